The van der Waals surface area contributed by atoms with Crippen LogP contribution in [0.4, 0.5) is 14.5 Å². The maximum Gasteiger partial charge on any atom is 0.224 e. The molecular formula is C20H20ClF2NO. The Hall–Kier alpha value is -1.94. The van der Waals surface area contributed by atoms with E-state index >= 15 is 0 Å². The van der Waals surface area contributed by atoms with E-state index in [9.17, 15) is 13.6 Å². The van der Waals surface area contributed by atoms with Crippen LogP contribution in [0.2, 0.25) is 5.02 Å². The Bertz CT molecular complexity index is 740. The number of carbonyl (C=O) groups excluding carboxylic acids is 1. The van der Waals surface area contributed by atoms with Gasteiger partial charge in [0.1, 0.15) is 11.6 Å². The largest absolute Gasteiger partial charge is 0.326 e. The van der Waals surface area contributed by atoms with Crippen molar-refractivity contribution >= 4 is 23.2 Å². The molecule has 1 amide bonds. The highest BCUT2D eigenvalue weighted by Crippen LogP contribution is 2.37. The molecule has 0 saturated heterocycles. The minimum atomic E-state index is -0.375. The first-order valence-corrected chi connectivity index (χ1v) is 8.89. The lowest BCUT2D eigenvalue weighted by Crippen LogP contribution is -2.20. The highest BCUT2D eigenvalue weighted by Gasteiger charge is 2.24. The van der Waals surface area contributed by atoms with Crippen LogP contribution in [-0.2, 0) is 4.79 Å². The first kappa shape index (κ1) is 17.9. The molecule has 0 radical (unpaired) electrons. The van der Waals surface area contributed by atoms with Crippen LogP contribution in [0.3, 0.4) is 0 Å². The van der Waals surface area contributed by atoms with E-state index in [4.69, 9.17) is 11.6 Å². The zero-order chi connectivity index (χ0) is 17.8. The van der Waals surface area contributed by atoms with E-state index in [0.29, 0.717) is 23.9 Å². The van der Waals surface area contributed by atoms with Gasteiger partial charge < -0.3 is 5.32 Å². The molecule has 132 valence electrons. The third-order valence-corrected chi connectivity index (χ3v) is 5.17. The summed E-state index contributed by atoms with van der Waals surface area (Å²) in [5.74, 6) is -0.0976. The Morgan fingerprint density at radius 2 is 1.72 bits per heavy atom. The molecule has 1 saturated carbocycles. The Kier molecular flexibility index (Phi) is 5.69. The van der Waals surface area contributed by atoms with Gasteiger partial charge in [0.2, 0.25) is 5.91 Å². The van der Waals surface area contributed by atoms with Gasteiger partial charge in [-0.05, 0) is 79.5 Å². The molecule has 1 N–H and O–H groups in total. The molecule has 1 aliphatic rings. The summed E-state index contributed by atoms with van der Waals surface area (Å²) in [4.78, 5) is 12.1. The fourth-order valence-corrected chi connectivity index (χ4v) is 3.59. The van der Waals surface area contributed by atoms with Gasteiger partial charge in [-0.2, -0.15) is 0 Å². The van der Waals surface area contributed by atoms with Gasteiger partial charge in [-0.15, -0.1) is 0 Å². The van der Waals surface area contributed by atoms with Gasteiger partial charge in [-0.1, -0.05) is 17.7 Å². The van der Waals surface area contributed by atoms with Crippen LogP contribution in [0.15, 0.2) is 42.5 Å². The topological polar surface area (TPSA) is 29.1 Å². The first-order valence-electron chi connectivity index (χ1n) is 8.51. The van der Waals surface area contributed by atoms with E-state index < -0.39 is 0 Å². The fourth-order valence-electron chi connectivity index (χ4n) is 3.47. The van der Waals surface area contributed by atoms with E-state index in [0.717, 1.165) is 31.2 Å². The van der Waals surface area contributed by atoms with Gasteiger partial charge in [0, 0.05) is 12.1 Å². The monoisotopic (exact) mass is 363 g/mol. The van der Waals surface area contributed by atoms with Crippen molar-refractivity contribution in [1.82, 2.24) is 0 Å². The van der Waals surface area contributed by atoms with Crippen molar-refractivity contribution in [2.24, 2.45) is 5.92 Å². The highest BCUT2D eigenvalue weighted by atomic mass is 35.5. The second-order valence-electron chi connectivity index (χ2n) is 6.65. The molecule has 2 nitrogen and oxygen atoms in total. The number of halogens is 3. The number of carbonyl (C=O) groups is 1. The number of hydrogen-bond acceptors (Lipinski definition) is 1. The molecule has 0 atom stereocenters. The summed E-state index contributed by atoms with van der Waals surface area (Å²) in [6, 6.07) is 10.8. The van der Waals surface area contributed by atoms with Crippen molar-refractivity contribution in [1.29, 1.82) is 0 Å². The molecule has 0 aromatic heterocycles. The quantitative estimate of drug-likeness (QED) is 0.717. The summed E-state index contributed by atoms with van der Waals surface area (Å²) in [6.07, 6.45) is 4.21. The van der Waals surface area contributed by atoms with Crippen LogP contribution >= 0.6 is 11.6 Å². The second-order valence-corrected chi connectivity index (χ2v) is 7.06. The Balaban J connectivity index is 1.49. The normalized spacial score (nSPS) is 20.3. The molecule has 0 heterocycles. The minimum absolute atomic E-state index is 0.0485. The van der Waals surface area contributed by atoms with Crippen LogP contribution in [0.25, 0.3) is 0 Å². The number of benzene rings is 2. The molecule has 0 unspecified atom stereocenters. The van der Waals surface area contributed by atoms with Gasteiger partial charge in [0.05, 0.1) is 5.02 Å². The molecule has 25 heavy (non-hydrogen) atoms. The van der Waals surface area contributed by atoms with E-state index in [1.54, 1.807) is 18.2 Å². The van der Waals surface area contributed by atoms with Crippen molar-refractivity contribution in [3.63, 3.8) is 0 Å². The molecule has 5 heteroatoms. The van der Waals surface area contributed by atoms with Crippen LogP contribution in [0.1, 0.15) is 43.6 Å². The summed E-state index contributed by atoms with van der Waals surface area (Å²) >= 11 is 5.73. The zero-order valence-electron chi connectivity index (χ0n) is 13.8. The molecule has 2 aromatic carbocycles. The summed E-state index contributed by atoms with van der Waals surface area (Å²) in [6.45, 7) is 0. The summed E-state index contributed by atoms with van der Waals surface area (Å²) in [7, 11) is 0. The van der Waals surface area contributed by atoms with Crippen LogP contribution in [0.5, 0.6) is 0 Å². The SMILES string of the molecule is O=C(C[C@H]1CC[C@@H](c2ccc(Cl)c(F)c2)CC1)Nc1ccc(F)cc1. The minimum Gasteiger partial charge on any atom is -0.326 e. The zero-order valence-corrected chi connectivity index (χ0v) is 14.5. The molecule has 0 bridgehead atoms. The Labute approximate surface area is 151 Å². The van der Waals surface area contributed by atoms with Gasteiger partial charge in [-0.25, -0.2) is 8.78 Å². The van der Waals surface area contributed by atoms with Crippen LogP contribution < -0.4 is 5.32 Å². The summed E-state index contributed by atoms with van der Waals surface area (Å²) < 4.78 is 26.5. The van der Waals surface area contributed by atoms with Crippen molar-refractivity contribution in [3.8, 4) is 0 Å². The predicted octanol–water partition coefficient (Wildman–Crippen LogP) is 5.92. The molecule has 2 aromatic rings. The predicted molar refractivity (Wildman–Crippen MR) is 95.8 cm³/mol. The fraction of sp³-hybridized carbons (Fsp3) is 0.350. The van der Waals surface area contributed by atoms with E-state index in [2.05, 4.69) is 5.32 Å². The van der Waals surface area contributed by atoms with Gasteiger partial charge in [-0.3, -0.25) is 4.79 Å². The van der Waals surface area contributed by atoms with Gasteiger partial charge in [0.15, 0.2) is 0 Å². The lowest BCUT2D eigenvalue weighted by atomic mass is 9.77. The molecule has 0 spiro atoms. The van der Waals surface area contributed by atoms with E-state index in [-0.39, 0.29) is 22.6 Å². The average molecular weight is 364 g/mol. The number of nitrogens with one attached hydrogen (secondary N) is 1. The highest BCUT2D eigenvalue weighted by molar-refractivity contribution is 6.30. The van der Waals surface area contributed by atoms with Gasteiger partial charge >= 0.3 is 0 Å². The molecule has 3 rings (SSSR count). The maximum atomic E-state index is 13.6. The lowest BCUT2D eigenvalue weighted by molar-refractivity contribution is -0.117. The number of anilines is 1. The van der Waals surface area contributed by atoms with Crippen molar-refractivity contribution in [2.75, 3.05) is 5.32 Å². The summed E-state index contributed by atoms with van der Waals surface area (Å²) in [5, 5.41) is 2.95. The first-order chi connectivity index (χ1) is 12.0. The Morgan fingerprint density at radius 3 is 2.36 bits per heavy atom. The molecule has 1 fully saturated rings. The van der Waals surface area contributed by atoms with Crippen LogP contribution in [0, 0.1) is 17.6 Å². The molecular weight excluding hydrogens is 344 g/mol. The number of amides is 1. The van der Waals surface area contributed by atoms with Crippen molar-refractivity contribution in [3.05, 3.63) is 64.7 Å². The van der Waals surface area contributed by atoms with Crippen molar-refractivity contribution < 1.29 is 13.6 Å². The third-order valence-electron chi connectivity index (χ3n) is 4.86. The number of rotatable bonds is 4. The molecule has 1 aliphatic carbocycles. The van der Waals surface area contributed by atoms with E-state index in [1.807, 2.05) is 6.07 Å². The third kappa shape index (κ3) is 4.79. The van der Waals surface area contributed by atoms with Crippen molar-refractivity contribution in [2.45, 2.75) is 38.0 Å². The van der Waals surface area contributed by atoms with Crippen LogP contribution in [-0.4, -0.2) is 5.91 Å². The van der Waals surface area contributed by atoms with Gasteiger partial charge in [0.25, 0.3) is 0 Å². The number of hydrogen-bond donors (Lipinski definition) is 1. The standard InChI is InChI=1S/C20H20ClF2NO/c21-18-10-5-15(12-19(18)23)14-3-1-13(2-4-14)11-20(25)24-17-8-6-16(22)7-9-17/h5-10,12-14H,1-4,11H2,(H,24,25)/t13-,14+. The lowest BCUT2D eigenvalue weighted by Gasteiger charge is -2.28. The second kappa shape index (κ2) is 7.96. The maximum absolute atomic E-state index is 13.6. The summed E-state index contributed by atoms with van der Waals surface area (Å²) in [5.41, 5.74) is 1.59. The smallest absolute Gasteiger partial charge is 0.224 e. The molecule has 0 aliphatic heterocycles. The van der Waals surface area contributed by atoms with E-state index in [1.165, 1.54) is 18.2 Å². The Morgan fingerprint density at radius 1 is 1.04 bits per heavy atom. The average Bonchev–Trinajstić information content (AvgIpc) is 2.60.